The second-order valence-corrected chi connectivity index (χ2v) is 4.79. The molecule has 120 valence electrons. The van der Waals surface area contributed by atoms with Gasteiger partial charge in [-0.1, -0.05) is 13.8 Å². The molecule has 0 spiro atoms. The highest BCUT2D eigenvalue weighted by Gasteiger charge is 2.40. The third-order valence-electron chi connectivity index (χ3n) is 3.56. The Kier molecular flexibility index (Phi) is 7.40. The van der Waals surface area contributed by atoms with Crippen molar-refractivity contribution in [3.63, 3.8) is 0 Å². The zero-order valence-electron chi connectivity index (χ0n) is 12.1. The Labute approximate surface area is 121 Å². The molecule has 0 aromatic heterocycles. The number of aliphatic carboxylic acids is 3. The fourth-order valence-electron chi connectivity index (χ4n) is 2.17. The number of carbonyl (C=O) groups is 4. The summed E-state index contributed by atoms with van der Waals surface area (Å²) in [7, 11) is 1.11. The van der Waals surface area contributed by atoms with Gasteiger partial charge in [-0.3, -0.25) is 19.2 Å². The van der Waals surface area contributed by atoms with E-state index in [4.69, 9.17) is 10.2 Å². The number of carboxylic acid groups (broad SMARTS) is 3. The van der Waals surface area contributed by atoms with E-state index in [1.165, 1.54) is 6.92 Å². The molecule has 4 atom stereocenters. The topological polar surface area (TPSA) is 138 Å². The minimum atomic E-state index is -1.41. The first kappa shape index (κ1) is 18.9. The summed E-state index contributed by atoms with van der Waals surface area (Å²) in [5.74, 6) is -9.84. The van der Waals surface area contributed by atoms with Crippen LogP contribution in [-0.2, 0) is 23.9 Å². The van der Waals surface area contributed by atoms with Crippen molar-refractivity contribution in [2.45, 2.75) is 26.7 Å². The highest BCUT2D eigenvalue weighted by atomic mass is 16.5. The number of ether oxygens (including phenoxy) is 1. The lowest BCUT2D eigenvalue weighted by Gasteiger charge is -2.25. The van der Waals surface area contributed by atoms with Gasteiger partial charge in [-0.2, -0.15) is 0 Å². The number of hydrogen-bond donors (Lipinski definition) is 3. The van der Waals surface area contributed by atoms with Crippen molar-refractivity contribution in [3.8, 4) is 0 Å². The van der Waals surface area contributed by atoms with Crippen molar-refractivity contribution in [2.24, 2.45) is 23.7 Å². The smallest absolute Gasteiger partial charge is 0.309 e. The van der Waals surface area contributed by atoms with Gasteiger partial charge in [0.1, 0.15) is 0 Å². The molecule has 0 aromatic carbocycles. The van der Waals surface area contributed by atoms with Gasteiger partial charge < -0.3 is 20.1 Å². The summed E-state index contributed by atoms with van der Waals surface area (Å²) >= 11 is 0. The summed E-state index contributed by atoms with van der Waals surface area (Å²) < 4.78 is 4.52. The van der Waals surface area contributed by atoms with Crippen LogP contribution in [0.3, 0.4) is 0 Å². The van der Waals surface area contributed by atoms with Crippen LogP contribution in [0.25, 0.3) is 0 Å². The number of rotatable bonds is 9. The Hall–Kier alpha value is -2.12. The van der Waals surface area contributed by atoms with Gasteiger partial charge in [-0.25, -0.2) is 0 Å². The Morgan fingerprint density at radius 1 is 0.905 bits per heavy atom. The zero-order valence-corrected chi connectivity index (χ0v) is 12.1. The number of carbonyl (C=O) groups excluding carboxylic acids is 1. The van der Waals surface area contributed by atoms with Crippen LogP contribution in [0.2, 0.25) is 0 Å². The van der Waals surface area contributed by atoms with Crippen LogP contribution < -0.4 is 0 Å². The molecule has 21 heavy (non-hydrogen) atoms. The quantitative estimate of drug-likeness (QED) is 0.529. The molecule has 0 fully saturated rings. The monoisotopic (exact) mass is 304 g/mol. The fraction of sp³-hybridized carbons (Fsp3) is 0.692. The molecule has 0 rings (SSSR count). The second-order valence-electron chi connectivity index (χ2n) is 4.79. The molecule has 8 nitrogen and oxygen atoms in total. The minimum Gasteiger partial charge on any atom is -0.481 e. The average molecular weight is 304 g/mol. The maximum Gasteiger partial charge on any atom is 0.309 e. The van der Waals surface area contributed by atoms with Crippen molar-refractivity contribution in [2.75, 3.05) is 7.11 Å². The van der Waals surface area contributed by atoms with E-state index in [0.717, 1.165) is 7.11 Å². The third kappa shape index (κ3) is 5.05. The predicted octanol–water partition coefficient (Wildman–Crippen LogP) is 0.698. The maximum atomic E-state index is 11.6. The van der Waals surface area contributed by atoms with Crippen molar-refractivity contribution >= 4 is 23.9 Å². The molecular formula is C13H20O8. The first-order chi connectivity index (χ1) is 9.67. The van der Waals surface area contributed by atoms with Crippen LogP contribution in [0.5, 0.6) is 0 Å². The third-order valence-corrected chi connectivity index (χ3v) is 3.56. The molecule has 0 saturated carbocycles. The van der Waals surface area contributed by atoms with Crippen LogP contribution in [0.4, 0.5) is 0 Å². The lowest BCUT2D eigenvalue weighted by molar-refractivity contribution is -0.160. The number of carboxylic acids is 3. The van der Waals surface area contributed by atoms with E-state index in [9.17, 15) is 24.3 Å². The van der Waals surface area contributed by atoms with Crippen molar-refractivity contribution in [1.82, 2.24) is 0 Å². The van der Waals surface area contributed by atoms with Crippen molar-refractivity contribution in [3.05, 3.63) is 0 Å². The van der Waals surface area contributed by atoms with Crippen LogP contribution in [0, 0.1) is 23.7 Å². The number of esters is 1. The predicted molar refractivity (Wildman–Crippen MR) is 69.5 cm³/mol. The van der Waals surface area contributed by atoms with E-state index in [1.807, 2.05) is 0 Å². The minimum absolute atomic E-state index is 0.150. The molecule has 0 amide bonds. The largest absolute Gasteiger partial charge is 0.481 e. The lowest BCUT2D eigenvalue weighted by Crippen LogP contribution is -2.36. The summed E-state index contributed by atoms with van der Waals surface area (Å²) in [4.78, 5) is 45.0. The lowest BCUT2D eigenvalue weighted by atomic mass is 9.79. The molecule has 8 heteroatoms. The molecule has 0 aliphatic rings. The first-order valence-corrected chi connectivity index (χ1v) is 6.43. The molecular weight excluding hydrogens is 284 g/mol. The molecule has 0 aliphatic heterocycles. The van der Waals surface area contributed by atoms with Gasteiger partial charge in [0.15, 0.2) is 0 Å². The van der Waals surface area contributed by atoms with Gasteiger partial charge in [0.25, 0.3) is 0 Å². The molecule has 0 aromatic rings. The molecule has 3 N–H and O–H groups in total. The van der Waals surface area contributed by atoms with Crippen LogP contribution in [0.15, 0.2) is 0 Å². The van der Waals surface area contributed by atoms with E-state index in [0.29, 0.717) is 0 Å². The van der Waals surface area contributed by atoms with Gasteiger partial charge in [-0.15, -0.1) is 0 Å². The Morgan fingerprint density at radius 3 is 1.67 bits per heavy atom. The van der Waals surface area contributed by atoms with Gasteiger partial charge in [0.2, 0.25) is 0 Å². The van der Waals surface area contributed by atoms with E-state index >= 15 is 0 Å². The summed E-state index contributed by atoms with van der Waals surface area (Å²) in [5.41, 5.74) is 0. The van der Waals surface area contributed by atoms with Crippen LogP contribution in [-0.4, -0.2) is 46.3 Å². The maximum absolute atomic E-state index is 11.6. The summed E-state index contributed by atoms with van der Waals surface area (Å²) in [6.07, 6.45) is -0.302. The Balaban J connectivity index is 5.37. The highest BCUT2D eigenvalue weighted by Crippen LogP contribution is 2.29. The Morgan fingerprint density at radius 2 is 1.38 bits per heavy atom. The van der Waals surface area contributed by atoms with E-state index in [2.05, 4.69) is 4.74 Å². The first-order valence-electron chi connectivity index (χ1n) is 6.43. The van der Waals surface area contributed by atoms with Gasteiger partial charge >= 0.3 is 23.9 Å². The number of hydrogen-bond acceptors (Lipinski definition) is 5. The van der Waals surface area contributed by atoms with Gasteiger partial charge in [0.05, 0.1) is 30.8 Å². The molecule has 0 radical (unpaired) electrons. The molecule has 4 unspecified atom stereocenters. The average Bonchev–Trinajstić information content (AvgIpc) is 2.40. The van der Waals surface area contributed by atoms with Crippen LogP contribution >= 0.6 is 0 Å². The SMILES string of the molecule is CCC(C(=O)OC)C(CC(C(=O)O)C(C)C(=O)O)C(=O)O. The van der Waals surface area contributed by atoms with Crippen LogP contribution in [0.1, 0.15) is 26.7 Å². The fourth-order valence-corrected chi connectivity index (χ4v) is 2.17. The molecule has 0 heterocycles. The van der Waals surface area contributed by atoms with Crippen molar-refractivity contribution < 1.29 is 39.2 Å². The molecule has 0 aliphatic carbocycles. The normalized spacial score (nSPS) is 16.3. The van der Waals surface area contributed by atoms with E-state index in [-0.39, 0.29) is 6.42 Å². The highest BCUT2D eigenvalue weighted by molar-refractivity contribution is 5.83. The van der Waals surface area contributed by atoms with E-state index < -0.39 is 54.0 Å². The molecule has 0 saturated heterocycles. The number of methoxy groups -OCH3 is 1. The molecule has 0 bridgehead atoms. The van der Waals surface area contributed by atoms with Gasteiger partial charge in [-0.05, 0) is 12.8 Å². The van der Waals surface area contributed by atoms with Crippen molar-refractivity contribution in [1.29, 1.82) is 0 Å². The summed E-state index contributed by atoms with van der Waals surface area (Å²) in [5, 5.41) is 27.2. The second kappa shape index (κ2) is 8.23. The summed E-state index contributed by atoms with van der Waals surface area (Å²) in [6.45, 7) is 2.77. The van der Waals surface area contributed by atoms with E-state index in [1.54, 1.807) is 6.92 Å². The van der Waals surface area contributed by atoms with Gasteiger partial charge in [0, 0.05) is 0 Å². The summed E-state index contributed by atoms with van der Waals surface area (Å²) in [6, 6.07) is 0. The standard InChI is InChI=1S/C13H20O8/c1-4-7(13(20)21-3)9(12(18)19)5-8(11(16)17)6(2)10(14)15/h6-9H,4-5H2,1-3H3,(H,14,15)(H,16,17)(H,18,19). The zero-order chi connectivity index (χ0) is 16.7. The Bertz CT molecular complexity index is 416.